The van der Waals surface area contributed by atoms with Gasteiger partial charge in [-0.2, -0.15) is 0 Å². The van der Waals surface area contributed by atoms with Crippen LogP contribution in [0, 0.1) is 6.92 Å². The number of hydrogen-bond acceptors (Lipinski definition) is 2. The first-order valence-corrected chi connectivity index (χ1v) is 24.7. The summed E-state index contributed by atoms with van der Waals surface area (Å²) >= 11 is 4.46. The highest BCUT2D eigenvalue weighted by Crippen LogP contribution is 2.64. The smallest absolute Gasteiger partial charge is 0.0726 e. The fourth-order valence-corrected chi connectivity index (χ4v) is 11.8. The van der Waals surface area contributed by atoms with Gasteiger partial charge in [-0.3, -0.25) is 0 Å². The van der Waals surface area contributed by atoms with E-state index < -0.39 is 5.41 Å². The minimum atomic E-state index is -0.501. The van der Waals surface area contributed by atoms with Crippen molar-refractivity contribution < 1.29 is 0 Å². The van der Waals surface area contributed by atoms with Crippen molar-refractivity contribution in [1.29, 1.82) is 0 Å². The molecule has 2 aliphatic rings. The third kappa shape index (κ3) is 6.90. The van der Waals surface area contributed by atoms with E-state index >= 15 is 0 Å². The van der Waals surface area contributed by atoms with Gasteiger partial charge in [-0.15, -0.1) is 0 Å². The van der Waals surface area contributed by atoms with E-state index in [0.29, 0.717) is 0 Å². The zero-order valence-electron chi connectivity index (χ0n) is 39.3. The number of hydrogen-bond donors (Lipinski definition) is 0. The third-order valence-corrected chi connectivity index (χ3v) is 15.2. The van der Waals surface area contributed by atoms with Gasteiger partial charge in [0.25, 0.3) is 0 Å². The van der Waals surface area contributed by atoms with Crippen molar-refractivity contribution in [1.82, 2.24) is 0 Å². The van der Waals surface area contributed by atoms with Crippen molar-refractivity contribution >= 4 is 50.1 Å². The molecule has 2 aliphatic carbocycles. The van der Waals surface area contributed by atoms with Crippen LogP contribution < -0.4 is 9.80 Å². The van der Waals surface area contributed by atoms with Crippen LogP contribution >= 0.6 is 15.9 Å². The zero-order chi connectivity index (χ0) is 46.9. The predicted octanol–water partition coefficient (Wildman–Crippen LogP) is 18.7. The lowest BCUT2D eigenvalue weighted by molar-refractivity contribution is 0.590. The topological polar surface area (TPSA) is 6.48 Å². The lowest BCUT2D eigenvalue weighted by Gasteiger charge is -2.36. The molecule has 0 bridgehead atoms. The molecule has 2 nitrogen and oxygen atoms in total. The fourth-order valence-electron chi connectivity index (χ4n) is 11.2. The predicted molar refractivity (Wildman–Crippen MR) is 294 cm³/mol. The van der Waals surface area contributed by atoms with Gasteiger partial charge in [0.2, 0.25) is 0 Å². The van der Waals surface area contributed by atoms with E-state index in [2.05, 4.69) is 290 Å². The first kappa shape index (κ1) is 42.6. The highest BCUT2D eigenvalue weighted by atomic mass is 79.9. The molecule has 0 saturated carbocycles. The van der Waals surface area contributed by atoms with Gasteiger partial charge in [0.1, 0.15) is 0 Å². The van der Waals surface area contributed by atoms with E-state index in [9.17, 15) is 0 Å². The van der Waals surface area contributed by atoms with Crippen LogP contribution in [0.3, 0.4) is 0 Å². The Labute approximate surface area is 415 Å². The van der Waals surface area contributed by atoms with E-state index in [0.717, 1.165) is 60.9 Å². The number of fused-ring (bicyclic) bond motifs is 10. The van der Waals surface area contributed by atoms with Gasteiger partial charge in [0.05, 0.1) is 32.6 Å². The quantitative estimate of drug-likeness (QED) is 0.150. The second-order valence-electron chi connectivity index (χ2n) is 19.5. The molecule has 0 radical (unpaired) electrons. The lowest BCUT2D eigenvalue weighted by Crippen LogP contribution is -2.26. The Morgan fingerprint density at radius 3 is 1.22 bits per heavy atom. The van der Waals surface area contributed by atoms with Gasteiger partial charge < -0.3 is 9.80 Å². The summed E-state index contributed by atoms with van der Waals surface area (Å²) in [6, 6.07) is 87.5. The maximum absolute atomic E-state index is 4.46. The number of aryl methyl sites for hydroxylation is 1. The molecule has 0 heterocycles. The maximum atomic E-state index is 4.46. The molecule has 10 aromatic carbocycles. The Hall–Kier alpha value is -7.72. The van der Waals surface area contributed by atoms with Gasteiger partial charge in [-0.05, 0) is 144 Å². The van der Waals surface area contributed by atoms with Gasteiger partial charge >= 0.3 is 0 Å². The van der Waals surface area contributed by atoms with Crippen LogP contribution in [0.15, 0.2) is 241 Å². The Balaban J connectivity index is 1.18. The monoisotopic (exact) mass is 950 g/mol. The minimum absolute atomic E-state index is 0.215. The second-order valence-corrected chi connectivity index (χ2v) is 20.3. The molecule has 0 atom stereocenters. The molecule has 12 rings (SSSR count). The molecule has 332 valence electrons. The Morgan fingerprint density at radius 1 is 0.348 bits per heavy atom. The maximum Gasteiger partial charge on any atom is 0.0726 e. The summed E-state index contributed by atoms with van der Waals surface area (Å²) in [7, 11) is 0. The molecule has 0 unspecified atom stereocenters. The van der Waals surface area contributed by atoms with Gasteiger partial charge in [0.15, 0.2) is 0 Å². The number of halogens is 1. The van der Waals surface area contributed by atoms with Crippen LogP contribution in [-0.2, 0) is 10.8 Å². The fraction of sp³-hybridized carbons (Fsp3) is 0.0909. The van der Waals surface area contributed by atoms with Crippen molar-refractivity contribution in [2.24, 2.45) is 0 Å². The van der Waals surface area contributed by atoms with Crippen LogP contribution in [0.4, 0.5) is 34.1 Å². The highest BCUT2D eigenvalue weighted by molar-refractivity contribution is 9.10. The normalized spacial score (nSPS) is 12.8. The molecule has 0 aliphatic heterocycles. The Kier molecular flexibility index (Phi) is 10.4. The first-order chi connectivity index (χ1) is 33.7. The standard InChI is InChI=1S/C66H51BrN2/c1-44-22-21-27-48(40-44)68(60-36-19-14-28-50(60)45-23-7-5-8-24-45)62-41-47(65(2,3)4)42-63(64(62)67)69(61-37-20-15-29-51(61)46-25-9-6-10-26-46)49-38-39-55-54-32-13-18-35-58(54)66(59(55)43-49)56-33-16-11-30-52(56)53-31-12-17-34-57(53)66/h5-43H,1-4H3. The molecule has 1 spiro atoms. The first-order valence-electron chi connectivity index (χ1n) is 24.0. The van der Waals surface area contributed by atoms with Crippen LogP contribution in [0.1, 0.15) is 54.2 Å². The largest absolute Gasteiger partial charge is 0.309 e. The van der Waals surface area contributed by atoms with E-state index in [4.69, 9.17) is 0 Å². The second kappa shape index (κ2) is 16.8. The van der Waals surface area contributed by atoms with Crippen molar-refractivity contribution in [3.63, 3.8) is 0 Å². The molecule has 0 aromatic heterocycles. The zero-order valence-corrected chi connectivity index (χ0v) is 40.9. The van der Waals surface area contributed by atoms with E-state index in [1.54, 1.807) is 0 Å². The molecule has 0 fully saturated rings. The van der Waals surface area contributed by atoms with Gasteiger partial charge in [-0.1, -0.05) is 209 Å². The van der Waals surface area contributed by atoms with Crippen LogP contribution in [0.2, 0.25) is 0 Å². The molecule has 0 saturated heterocycles. The summed E-state index contributed by atoms with van der Waals surface area (Å²) in [5, 5.41) is 0. The summed E-state index contributed by atoms with van der Waals surface area (Å²) in [4.78, 5) is 4.98. The minimum Gasteiger partial charge on any atom is -0.309 e. The van der Waals surface area contributed by atoms with Crippen molar-refractivity contribution in [2.75, 3.05) is 9.80 Å². The van der Waals surface area contributed by atoms with Crippen LogP contribution in [-0.4, -0.2) is 0 Å². The van der Waals surface area contributed by atoms with E-state index in [1.807, 2.05) is 0 Å². The summed E-state index contributed by atoms with van der Waals surface area (Å²) < 4.78 is 0.984. The Morgan fingerprint density at radius 2 is 0.754 bits per heavy atom. The van der Waals surface area contributed by atoms with Crippen molar-refractivity contribution in [3.05, 3.63) is 274 Å². The van der Waals surface area contributed by atoms with Gasteiger partial charge in [-0.25, -0.2) is 0 Å². The van der Waals surface area contributed by atoms with Crippen LogP contribution in [0.5, 0.6) is 0 Å². The van der Waals surface area contributed by atoms with Crippen LogP contribution in [0.25, 0.3) is 44.5 Å². The van der Waals surface area contributed by atoms with Gasteiger partial charge in [0, 0.05) is 22.5 Å². The molecule has 0 N–H and O–H groups in total. The van der Waals surface area contributed by atoms with E-state index in [-0.39, 0.29) is 5.41 Å². The molecule has 3 heteroatoms. The molecule has 69 heavy (non-hydrogen) atoms. The SMILES string of the molecule is Cc1cccc(N(c2ccccc2-c2ccccc2)c2cc(C(C)(C)C)cc(N(c3ccc4c(c3)C3(c5ccccc5-c5ccccc53)c3ccccc3-4)c3ccccc3-c3ccccc3)c2Br)c1. The highest BCUT2D eigenvalue weighted by Gasteiger charge is 2.51. The summed E-state index contributed by atoms with van der Waals surface area (Å²) in [5.74, 6) is 0. The number of anilines is 6. The summed E-state index contributed by atoms with van der Waals surface area (Å²) in [6.07, 6.45) is 0. The molecule has 10 aromatic rings. The number of nitrogens with zero attached hydrogens (tertiary/aromatic N) is 2. The average molecular weight is 952 g/mol. The number of benzene rings is 10. The van der Waals surface area contributed by atoms with Crippen molar-refractivity contribution in [3.8, 4) is 44.5 Å². The lowest BCUT2D eigenvalue weighted by atomic mass is 9.70. The Bertz CT molecular complexity index is 3520. The molecular formula is C66H51BrN2. The molecule has 0 amide bonds. The summed E-state index contributed by atoms with van der Waals surface area (Å²) in [6.45, 7) is 9.16. The van der Waals surface area contributed by atoms with Crippen molar-refractivity contribution in [2.45, 2.75) is 38.5 Å². The van der Waals surface area contributed by atoms with E-state index in [1.165, 1.54) is 55.6 Å². The number of para-hydroxylation sites is 2. The third-order valence-electron chi connectivity index (χ3n) is 14.3. The number of rotatable bonds is 8. The molecular weight excluding hydrogens is 901 g/mol. The summed E-state index contributed by atoms with van der Waals surface area (Å²) in [5.41, 5.74) is 23.2. The average Bonchev–Trinajstić information content (AvgIpc) is 3.85.